The number of likely N-dealkylation sites (tertiary alicyclic amines) is 1. The van der Waals surface area contributed by atoms with Crippen molar-refractivity contribution >= 4 is 28.9 Å². The summed E-state index contributed by atoms with van der Waals surface area (Å²) in [4.78, 5) is 36.6. The van der Waals surface area contributed by atoms with Gasteiger partial charge < -0.3 is 9.84 Å². The Morgan fingerprint density at radius 2 is 1.71 bits per heavy atom. The number of imide groups is 1. The van der Waals surface area contributed by atoms with Gasteiger partial charge in [0.05, 0.1) is 5.92 Å². The van der Waals surface area contributed by atoms with Gasteiger partial charge in [-0.05, 0) is 37.1 Å². The van der Waals surface area contributed by atoms with Gasteiger partial charge in [0.15, 0.2) is 11.2 Å². The minimum absolute atomic E-state index is 0.0743. The average molecular weight is 443 g/mol. The monoisotopic (exact) mass is 442 g/mol. The minimum atomic E-state index is -1.16. The number of carbonyl (C=O) groups excluding carboxylic acids is 2. The van der Waals surface area contributed by atoms with Crippen molar-refractivity contribution in [2.75, 3.05) is 12.3 Å². The van der Waals surface area contributed by atoms with Crippen LogP contribution in [0.1, 0.15) is 27.2 Å². The van der Waals surface area contributed by atoms with Crippen LogP contribution in [0, 0.1) is 5.92 Å². The molecule has 1 heterocycles. The lowest BCUT2D eigenvalue weighted by Gasteiger charge is -2.31. The molecule has 6 nitrogen and oxygen atoms in total. The van der Waals surface area contributed by atoms with Gasteiger partial charge >= 0.3 is 12.0 Å². The van der Waals surface area contributed by atoms with E-state index in [-0.39, 0.29) is 29.4 Å². The summed E-state index contributed by atoms with van der Waals surface area (Å²) in [6.45, 7) is 4.98. The van der Waals surface area contributed by atoms with Gasteiger partial charge in [-0.3, -0.25) is 4.79 Å². The summed E-state index contributed by atoms with van der Waals surface area (Å²) in [7, 11) is 0. The first kappa shape index (κ1) is 23.0. The summed E-state index contributed by atoms with van der Waals surface area (Å²) in [5.41, 5.74) is 2.17. The lowest BCUT2D eigenvalue weighted by Crippen LogP contribution is -2.61. The van der Waals surface area contributed by atoms with E-state index in [0.717, 1.165) is 22.9 Å². The van der Waals surface area contributed by atoms with Gasteiger partial charge in [0.1, 0.15) is 18.3 Å². The first-order valence-electron chi connectivity index (χ1n) is 10.3. The van der Waals surface area contributed by atoms with Crippen LogP contribution in [0.4, 0.5) is 4.79 Å². The van der Waals surface area contributed by atoms with E-state index in [1.165, 1.54) is 6.92 Å². The number of hydrogen-bond donors (Lipinski definition) is 1. The highest BCUT2D eigenvalue weighted by atomic mass is 32.2. The normalized spacial score (nSPS) is 23.8. The number of rotatable bonds is 6. The lowest BCUT2D eigenvalue weighted by atomic mass is 10.1. The highest BCUT2D eigenvalue weighted by Gasteiger charge is 2.58. The van der Waals surface area contributed by atoms with E-state index in [9.17, 15) is 19.5 Å². The Labute approximate surface area is 186 Å². The van der Waals surface area contributed by atoms with Crippen molar-refractivity contribution < 1.29 is 28.7 Å². The zero-order valence-corrected chi connectivity index (χ0v) is 18.8. The molecular weight excluding hydrogens is 414 g/mol. The highest BCUT2D eigenvalue weighted by Crippen LogP contribution is 2.34. The van der Waals surface area contributed by atoms with Crippen molar-refractivity contribution in [3.63, 3.8) is 0 Å². The fourth-order valence-corrected chi connectivity index (χ4v) is 4.77. The van der Waals surface area contributed by atoms with E-state index < -0.39 is 22.5 Å². The third-order valence-electron chi connectivity index (χ3n) is 5.81. The van der Waals surface area contributed by atoms with Gasteiger partial charge in [0.25, 0.3) is 0 Å². The fourth-order valence-electron chi connectivity index (χ4n) is 4.15. The van der Waals surface area contributed by atoms with E-state index in [1.807, 2.05) is 54.6 Å². The highest BCUT2D eigenvalue weighted by molar-refractivity contribution is 8.13. The first-order chi connectivity index (χ1) is 14.7. The molecule has 0 saturated carbocycles. The SMILES string of the molecule is CC(=O)SCC(C)C(=O)[N@@+]1(C(=O)O)C[C@H](Oc2ccc(-c3ccccc3)cc2)C[C@H]1C. The fraction of sp³-hybridized carbons (Fsp3) is 0.375. The van der Waals surface area contributed by atoms with Crippen LogP contribution in [0.5, 0.6) is 5.75 Å². The van der Waals surface area contributed by atoms with E-state index >= 15 is 0 Å². The lowest BCUT2D eigenvalue weighted by molar-refractivity contribution is -0.795. The summed E-state index contributed by atoms with van der Waals surface area (Å²) < 4.78 is 5.42. The number of benzene rings is 2. The van der Waals surface area contributed by atoms with Crippen molar-refractivity contribution in [3.8, 4) is 16.9 Å². The summed E-state index contributed by atoms with van der Waals surface area (Å²) >= 11 is 1.05. The van der Waals surface area contributed by atoms with E-state index in [2.05, 4.69) is 0 Å². The largest absolute Gasteiger partial charge is 0.521 e. The molecule has 1 aliphatic heterocycles. The van der Waals surface area contributed by atoms with Gasteiger partial charge in [0, 0.05) is 19.1 Å². The molecule has 0 spiro atoms. The van der Waals surface area contributed by atoms with Crippen molar-refractivity contribution in [1.29, 1.82) is 0 Å². The predicted molar refractivity (Wildman–Crippen MR) is 121 cm³/mol. The molecule has 2 aromatic rings. The molecular formula is C24H28NO5S+. The number of carbonyl (C=O) groups is 3. The van der Waals surface area contributed by atoms with Crippen LogP contribution in [0.25, 0.3) is 11.1 Å². The minimum Gasteiger partial charge on any atom is -0.484 e. The molecule has 0 bridgehead atoms. The quantitative estimate of drug-likeness (QED) is 0.646. The molecule has 3 rings (SSSR count). The number of amides is 2. The predicted octanol–water partition coefficient (Wildman–Crippen LogP) is 4.83. The smallest absolute Gasteiger partial charge is 0.484 e. The Morgan fingerprint density at radius 3 is 2.29 bits per heavy atom. The molecule has 31 heavy (non-hydrogen) atoms. The topological polar surface area (TPSA) is 80.7 Å². The Bertz CT molecular complexity index is 946. The molecule has 0 aromatic heterocycles. The van der Waals surface area contributed by atoms with Crippen molar-refractivity contribution in [1.82, 2.24) is 0 Å². The van der Waals surface area contributed by atoms with Crippen LogP contribution >= 0.6 is 11.8 Å². The van der Waals surface area contributed by atoms with Gasteiger partial charge in [-0.2, -0.15) is 9.28 Å². The van der Waals surface area contributed by atoms with Gasteiger partial charge in [-0.1, -0.05) is 54.2 Å². The number of nitrogens with zero attached hydrogens (tertiary/aromatic N) is 1. The van der Waals surface area contributed by atoms with Crippen LogP contribution in [0.3, 0.4) is 0 Å². The van der Waals surface area contributed by atoms with Gasteiger partial charge in [-0.25, -0.2) is 4.79 Å². The summed E-state index contributed by atoms with van der Waals surface area (Å²) in [6, 6.07) is 17.3. The maximum Gasteiger partial charge on any atom is 0.521 e. The third kappa shape index (κ3) is 4.99. The molecule has 1 saturated heterocycles. The number of carboxylic acid groups (broad SMARTS) is 1. The number of thioether (sulfide) groups is 1. The molecule has 2 aromatic carbocycles. The molecule has 4 atom stereocenters. The molecule has 7 heteroatoms. The molecule has 1 unspecified atom stereocenters. The third-order valence-corrected chi connectivity index (χ3v) is 6.88. The van der Waals surface area contributed by atoms with Crippen molar-refractivity contribution in [2.24, 2.45) is 5.92 Å². The average Bonchev–Trinajstić information content (AvgIpc) is 3.09. The molecule has 2 amide bonds. The van der Waals surface area contributed by atoms with Gasteiger partial charge in [-0.15, -0.1) is 0 Å². The molecule has 164 valence electrons. The summed E-state index contributed by atoms with van der Waals surface area (Å²) in [5.74, 6) is 0.00576. The number of quaternary nitrogens is 1. The Hall–Kier alpha value is -2.64. The molecule has 0 radical (unpaired) electrons. The van der Waals surface area contributed by atoms with E-state index in [0.29, 0.717) is 12.2 Å². The molecule has 1 N–H and O–H groups in total. The summed E-state index contributed by atoms with van der Waals surface area (Å²) in [5, 5.41) is 9.91. The Balaban J connectivity index is 1.72. The second-order valence-electron chi connectivity index (χ2n) is 8.09. The van der Waals surface area contributed by atoms with Crippen LogP contribution in [-0.4, -0.2) is 51.1 Å². The van der Waals surface area contributed by atoms with Crippen LogP contribution in [0.15, 0.2) is 54.6 Å². The van der Waals surface area contributed by atoms with Gasteiger partial charge in [0.2, 0.25) is 0 Å². The maximum absolute atomic E-state index is 13.1. The van der Waals surface area contributed by atoms with E-state index in [1.54, 1.807) is 13.8 Å². The molecule has 1 aliphatic rings. The maximum atomic E-state index is 13.1. The second kappa shape index (κ2) is 9.66. The molecule has 0 aliphatic carbocycles. The zero-order chi connectivity index (χ0) is 22.6. The Kier molecular flexibility index (Phi) is 7.18. The van der Waals surface area contributed by atoms with Crippen LogP contribution in [-0.2, 0) is 9.59 Å². The van der Waals surface area contributed by atoms with E-state index in [4.69, 9.17) is 4.74 Å². The summed E-state index contributed by atoms with van der Waals surface area (Å²) in [6.07, 6.45) is -1.08. The standard InChI is InChI=1S/C24H27NO5S/c1-16(15-31-18(3)26)23(27)25(24(28)29)14-22(13-17(25)2)30-21-11-9-20(10-12-21)19-7-5-4-6-8-19/h4-12,16-17,22H,13-15H2,1-3H3/p+1/t16?,17-,22-,25-/m1/s1. The zero-order valence-electron chi connectivity index (χ0n) is 18.0. The number of hydrogen-bond acceptors (Lipinski definition) is 5. The molecule has 1 fully saturated rings. The Morgan fingerprint density at radius 1 is 1.10 bits per heavy atom. The number of ether oxygens (including phenoxy) is 1. The first-order valence-corrected chi connectivity index (χ1v) is 11.3. The van der Waals surface area contributed by atoms with Crippen LogP contribution in [0.2, 0.25) is 0 Å². The van der Waals surface area contributed by atoms with Crippen molar-refractivity contribution in [3.05, 3.63) is 54.6 Å². The van der Waals surface area contributed by atoms with Crippen molar-refractivity contribution in [2.45, 2.75) is 39.3 Å². The second-order valence-corrected chi connectivity index (χ2v) is 9.29. The van der Waals surface area contributed by atoms with Crippen LogP contribution < -0.4 is 4.74 Å².